The fourth-order valence-corrected chi connectivity index (χ4v) is 2.79. The molecule has 1 unspecified atom stereocenters. The minimum absolute atomic E-state index is 0.0350. The lowest BCUT2D eigenvalue weighted by atomic mass is 10.1. The first-order valence-corrected chi connectivity index (χ1v) is 7.33. The van der Waals surface area contributed by atoms with Crippen LogP contribution in [0.5, 0.6) is 5.75 Å². The van der Waals surface area contributed by atoms with E-state index in [1.54, 1.807) is 12.0 Å². The third-order valence-corrected chi connectivity index (χ3v) is 3.85. The van der Waals surface area contributed by atoms with Gasteiger partial charge in [-0.15, -0.1) is 0 Å². The van der Waals surface area contributed by atoms with Crippen molar-refractivity contribution in [2.75, 3.05) is 19.0 Å². The number of hydrogen-bond donors (Lipinski definition) is 1. The number of nitrogens with one attached hydrogen (secondary N) is 1. The Morgan fingerprint density at radius 2 is 2.27 bits per heavy atom. The molecule has 0 saturated carbocycles. The van der Waals surface area contributed by atoms with Crippen LogP contribution >= 0.6 is 0 Å². The zero-order valence-corrected chi connectivity index (χ0v) is 12.7. The quantitative estimate of drug-likeness (QED) is 0.944. The number of hydrogen-bond acceptors (Lipinski definition) is 4. The first-order chi connectivity index (χ1) is 10.7. The molecule has 0 bridgehead atoms. The van der Waals surface area contributed by atoms with Crippen molar-refractivity contribution >= 4 is 11.7 Å². The Morgan fingerprint density at radius 1 is 1.45 bits per heavy atom. The molecule has 2 amide bonds. The van der Waals surface area contributed by atoms with Gasteiger partial charge in [0.15, 0.2) is 0 Å². The maximum absolute atomic E-state index is 12.6. The van der Waals surface area contributed by atoms with Crippen LogP contribution in [-0.4, -0.2) is 29.7 Å². The highest BCUT2D eigenvalue weighted by Gasteiger charge is 2.32. The van der Waals surface area contributed by atoms with Gasteiger partial charge in [0.2, 0.25) is 0 Å². The molecule has 1 aliphatic rings. The lowest BCUT2D eigenvalue weighted by molar-refractivity contribution is 0.204. The van der Waals surface area contributed by atoms with Crippen LogP contribution < -0.4 is 10.1 Å². The Bertz CT molecular complexity index is 668. The maximum Gasteiger partial charge on any atom is 0.322 e. The number of para-hydroxylation sites is 2. The van der Waals surface area contributed by atoms with Crippen molar-refractivity contribution in [3.63, 3.8) is 0 Å². The summed E-state index contributed by atoms with van der Waals surface area (Å²) in [4.78, 5) is 14.4. The van der Waals surface area contributed by atoms with E-state index in [1.165, 1.54) is 0 Å². The molecule has 116 valence electrons. The number of amides is 2. The van der Waals surface area contributed by atoms with E-state index >= 15 is 0 Å². The van der Waals surface area contributed by atoms with Gasteiger partial charge in [0, 0.05) is 12.6 Å². The minimum Gasteiger partial charge on any atom is -0.495 e. The standard InChI is InChI=1S/C16H19N3O3/c1-11-10-13(18-22-11)14-7-5-9-19(14)16(20)17-12-6-3-4-8-15(12)21-2/h3-4,6,8,10,14H,5,7,9H2,1-2H3,(H,17,20). The molecular weight excluding hydrogens is 282 g/mol. The molecule has 1 aromatic heterocycles. The van der Waals surface area contributed by atoms with E-state index in [2.05, 4.69) is 10.5 Å². The second-order valence-corrected chi connectivity index (χ2v) is 5.34. The molecule has 1 saturated heterocycles. The number of nitrogens with zero attached hydrogens (tertiary/aromatic N) is 2. The summed E-state index contributed by atoms with van der Waals surface area (Å²) < 4.78 is 10.4. The molecule has 3 rings (SSSR count). The lowest BCUT2D eigenvalue weighted by Crippen LogP contribution is -2.34. The summed E-state index contributed by atoms with van der Waals surface area (Å²) >= 11 is 0. The van der Waals surface area contributed by atoms with Gasteiger partial charge in [-0.05, 0) is 31.9 Å². The van der Waals surface area contributed by atoms with E-state index in [0.717, 1.165) is 24.3 Å². The number of carbonyl (C=O) groups is 1. The van der Waals surface area contributed by atoms with Gasteiger partial charge >= 0.3 is 6.03 Å². The van der Waals surface area contributed by atoms with Crippen LogP contribution in [0.25, 0.3) is 0 Å². The summed E-state index contributed by atoms with van der Waals surface area (Å²) in [5, 5.41) is 6.96. The van der Waals surface area contributed by atoms with Gasteiger partial charge in [0.25, 0.3) is 0 Å². The highest BCUT2D eigenvalue weighted by atomic mass is 16.5. The van der Waals surface area contributed by atoms with Crippen LogP contribution in [0.1, 0.15) is 30.3 Å². The SMILES string of the molecule is COc1ccccc1NC(=O)N1CCCC1c1cc(C)on1. The topological polar surface area (TPSA) is 67.6 Å². The molecule has 1 atom stereocenters. The number of anilines is 1. The highest BCUT2D eigenvalue weighted by Crippen LogP contribution is 2.32. The fourth-order valence-electron chi connectivity index (χ4n) is 2.79. The van der Waals surface area contributed by atoms with Gasteiger partial charge in [0.05, 0.1) is 18.8 Å². The molecule has 1 aromatic carbocycles. The van der Waals surface area contributed by atoms with Crippen molar-refractivity contribution in [1.82, 2.24) is 10.1 Å². The molecule has 2 aromatic rings. The summed E-state index contributed by atoms with van der Waals surface area (Å²) in [5.74, 6) is 1.40. The van der Waals surface area contributed by atoms with Crippen LogP contribution in [0.4, 0.5) is 10.5 Å². The molecule has 1 aliphatic heterocycles. The average molecular weight is 301 g/mol. The summed E-state index contributed by atoms with van der Waals surface area (Å²) in [6.45, 7) is 2.56. The van der Waals surface area contributed by atoms with Gasteiger partial charge < -0.3 is 19.5 Å². The molecule has 0 aliphatic carbocycles. The lowest BCUT2D eigenvalue weighted by Gasteiger charge is -2.23. The minimum atomic E-state index is -0.146. The van der Waals surface area contributed by atoms with Gasteiger partial charge in [-0.25, -0.2) is 4.79 Å². The Hall–Kier alpha value is -2.50. The average Bonchev–Trinajstić information content (AvgIpc) is 3.16. The van der Waals surface area contributed by atoms with Crippen LogP contribution in [0.3, 0.4) is 0 Å². The molecule has 1 N–H and O–H groups in total. The molecule has 2 heterocycles. The number of benzene rings is 1. The molecule has 1 fully saturated rings. The monoisotopic (exact) mass is 301 g/mol. The van der Waals surface area contributed by atoms with Crippen molar-refractivity contribution < 1.29 is 14.1 Å². The van der Waals surface area contributed by atoms with Gasteiger partial charge in [-0.3, -0.25) is 0 Å². The van der Waals surface area contributed by atoms with Crippen LogP contribution in [0.15, 0.2) is 34.9 Å². The zero-order valence-electron chi connectivity index (χ0n) is 12.7. The second-order valence-electron chi connectivity index (χ2n) is 5.34. The third-order valence-electron chi connectivity index (χ3n) is 3.85. The maximum atomic E-state index is 12.6. The summed E-state index contributed by atoms with van der Waals surface area (Å²) in [6, 6.07) is 9.07. The van der Waals surface area contributed by atoms with E-state index in [0.29, 0.717) is 18.0 Å². The molecular formula is C16H19N3O3. The van der Waals surface area contributed by atoms with Crippen LogP contribution in [0, 0.1) is 6.92 Å². The van der Waals surface area contributed by atoms with Crippen molar-refractivity contribution in [3.05, 3.63) is 41.8 Å². The van der Waals surface area contributed by atoms with E-state index in [1.807, 2.05) is 37.3 Å². The zero-order chi connectivity index (χ0) is 15.5. The largest absolute Gasteiger partial charge is 0.495 e. The number of aromatic nitrogens is 1. The number of likely N-dealkylation sites (tertiary alicyclic amines) is 1. The van der Waals surface area contributed by atoms with Gasteiger partial charge in [-0.1, -0.05) is 17.3 Å². The van der Waals surface area contributed by atoms with E-state index < -0.39 is 0 Å². The number of aryl methyl sites for hydroxylation is 1. The number of ether oxygens (including phenoxy) is 1. The Labute approximate surface area is 129 Å². The predicted octanol–water partition coefficient (Wildman–Crippen LogP) is 3.36. The van der Waals surface area contributed by atoms with E-state index in [4.69, 9.17) is 9.26 Å². The van der Waals surface area contributed by atoms with Crippen molar-refractivity contribution in [2.45, 2.75) is 25.8 Å². The van der Waals surface area contributed by atoms with Crippen LogP contribution in [0.2, 0.25) is 0 Å². The van der Waals surface area contributed by atoms with Crippen molar-refractivity contribution in [2.24, 2.45) is 0 Å². The first kappa shape index (κ1) is 14.4. The van der Waals surface area contributed by atoms with Gasteiger partial charge in [-0.2, -0.15) is 0 Å². The van der Waals surface area contributed by atoms with Gasteiger partial charge in [0.1, 0.15) is 17.2 Å². The molecule has 6 heteroatoms. The Balaban J connectivity index is 1.76. The van der Waals surface area contributed by atoms with E-state index in [-0.39, 0.29) is 12.1 Å². The molecule has 22 heavy (non-hydrogen) atoms. The molecule has 0 spiro atoms. The predicted molar refractivity (Wildman–Crippen MR) is 81.9 cm³/mol. The summed E-state index contributed by atoms with van der Waals surface area (Å²) in [6.07, 6.45) is 1.85. The summed E-state index contributed by atoms with van der Waals surface area (Å²) in [7, 11) is 1.59. The number of methoxy groups -OCH3 is 1. The normalized spacial score (nSPS) is 17.5. The Morgan fingerprint density at radius 3 is 3.00 bits per heavy atom. The van der Waals surface area contributed by atoms with Crippen LogP contribution in [-0.2, 0) is 0 Å². The number of urea groups is 1. The Kier molecular flexibility index (Phi) is 4.00. The fraction of sp³-hybridized carbons (Fsp3) is 0.375. The van der Waals surface area contributed by atoms with E-state index in [9.17, 15) is 4.79 Å². The summed E-state index contributed by atoms with van der Waals surface area (Å²) in [5.41, 5.74) is 1.47. The highest BCUT2D eigenvalue weighted by molar-refractivity contribution is 5.91. The van der Waals surface area contributed by atoms with Crippen molar-refractivity contribution in [3.8, 4) is 5.75 Å². The molecule has 6 nitrogen and oxygen atoms in total. The number of carbonyl (C=O) groups excluding carboxylic acids is 1. The smallest absolute Gasteiger partial charge is 0.322 e. The third kappa shape index (κ3) is 2.77. The first-order valence-electron chi connectivity index (χ1n) is 7.33. The van der Waals surface area contributed by atoms with Crippen molar-refractivity contribution in [1.29, 1.82) is 0 Å². The molecule has 0 radical (unpaired) electrons. The number of rotatable bonds is 3. The second kappa shape index (κ2) is 6.09.